The monoisotopic (exact) mass is 577 g/mol. The third-order valence-corrected chi connectivity index (χ3v) is 15.0. The number of esters is 1. The Hall–Kier alpha value is -1.88. The fourth-order valence-electron chi connectivity index (χ4n) is 12.5. The van der Waals surface area contributed by atoms with E-state index in [0.29, 0.717) is 54.1 Å². The summed E-state index contributed by atoms with van der Waals surface area (Å²) in [5, 5.41) is 25.4. The molecule has 5 nitrogen and oxygen atoms in total. The number of hydrogen-bond acceptors (Lipinski definition) is 5. The molecule has 5 aliphatic rings. The highest BCUT2D eigenvalue weighted by Crippen LogP contribution is 2.77. The quantitative estimate of drug-likeness (QED) is 0.214. The van der Waals surface area contributed by atoms with E-state index in [1.807, 2.05) is 30.3 Å². The average molecular weight is 578 g/mol. The highest BCUT2D eigenvalue weighted by molar-refractivity contribution is 5.92. The van der Waals surface area contributed by atoms with Crippen molar-refractivity contribution in [3.8, 4) is 0 Å². The van der Waals surface area contributed by atoms with Crippen LogP contribution in [0.25, 0.3) is 0 Å². The first kappa shape index (κ1) is 30.2. The van der Waals surface area contributed by atoms with Gasteiger partial charge >= 0.3 is 5.97 Å². The molecule has 42 heavy (non-hydrogen) atoms. The zero-order valence-electron chi connectivity index (χ0n) is 27.2. The van der Waals surface area contributed by atoms with E-state index < -0.39 is 6.10 Å². The van der Waals surface area contributed by atoms with Crippen molar-refractivity contribution >= 4 is 11.7 Å². The lowest BCUT2D eigenvalue weighted by atomic mass is 9.32. The minimum Gasteiger partial charge on any atom is -0.461 e. The third kappa shape index (κ3) is 3.96. The molecule has 6 rings (SSSR count). The maximum absolute atomic E-state index is 13.1. The van der Waals surface area contributed by atoms with E-state index in [9.17, 15) is 15.1 Å². The van der Waals surface area contributed by atoms with Gasteiger partial charge in [-0.2, -0.15) is 0 Å². The second kappa shape index (κ2) is 10.1. The summed E-state index contributed by atoms with van der Waals surface area (Å²) in [7, 11) is 0. The molecule has 0 aliphatic heterocycles. The number of benzene rings is 1. The topological polar surface area (TPSA) is 79.1 Å². The van der Waals surface area contributed by atoms with Crippen LogP contribution in [0.1, 0.15) is 117 Å². The van der Waals surface area contributed by atoms with Gasteiger partial charge in [0.25, 0.3) is 0 Å². The molecule has 0 aromatic heterocycles. The molecule has 5 heteroatoms. The maximum Gasteiger partial charge on any atom is 0.338 e. The molecule has 0 radical (unpaired) electrons. The first-order valence-electron chi connectivity index (χ1n) is 16.9. The molecule has 5 aliphatic carbocycles. The van der Waals surface area contributed by atoms with Crippen molar-refractivity contribution in [3.05, 3.63) is 35.9 Å². The molecule has 0 amide bonds. The van der Waals surface area contributed by atoms with Crippen LogP contribution in [0, 0.1) is 62.6 Å². The summed E-state index contributed by atoms with van der Waals surface area (Å²) in [6, 6.07) is 9.46. The van der Waals surface area contributed by atoms with E-state index in [2.05, 4.69) is 53.6 Å². The molecule has 0 unspecified atom stereocenters. The van der Waals surface area contributed by atoms with E-state index in [0.717, 1.165) is 44.2 Å². The van der Waals surface area contributed by atoms with Crippen molar-refractivity contribution in [3.63, 3.8) is 0 Å². The predicted octanol–water partition coefficient (Wildman–Crippen LogP) is 8.38. The van der Waals surface area contributed by atoms with Crippen LogP contribution in [0.5, 0.6) is 0 Å². The van der Waals surface area contributed by atoms with Crippen LogP contribution < -0.4 is 0 Å². The summed E-state index contributed by atoms with van der Waals surface area (Å²) in [5.74, 6) is 2.93. The molecule has 1 aromatic carbocycles. The number of nitrogens with zero attached hydrogens (tertiary/aromatic N) is 1. The van der Waals surface area contributed by atoms with Crippen LogP contribution in [-0.2, 0) is 4.74 Å². The van der Waals surface area contributed by atoms with Gasteiger partial charge in [-0.3, -0.25) is 0 Å². The Balaban J connectivity index is 1.35. The SMILES string of the molecule is CC(C)[C@@H]1CC[C@]2(COC(=O)c3ccccc3)CC[C@]3(C)[C@H](CC[C@@H]4[C@@]5(C)/C(=N/O)C[C@@H](O)C(C)(C)[C@@H]5CC[C@]43C)[C@@H]12. The number of fused-ring (bicyclic) bond motifs is 7. The molecular weight excluding hydrogens is 522 g/mol. The number of aliphatic hydroxyl groups is 1. The largest absolute Gasteiger partial charge is 0.461 e. The molecule has 0 bridgehead atoms. The fraction of sp³-hybridized carbons (Fsp3) is 0.784. The van der Waals surface area contributed by atoms with Gasteiger partial charge in [0.05, 0.1) is 24.0 Å². The van der Waals surface area contributed by atoms with E-state index >= 15 is 0 Å². The van der Waals surface area contributed by atoms with Crippen molar-refractivity contribution in [2.45, 2.75) is 112 Å². The Kier molecular flexibility index (Phi) is 7.23. The summed E-state index contributed by atoms with van der Waals surface area (Å²) < 4.78 is 6.19. The summed E-state index contributed by atoms with van der Waals surface area (Å²) in [5.41, 5.74) is 1.39. The molecule has 232 valence electrons. The van der Waals surface area contributed by atoms with Crippen LogP contribution in [0.4, 0.5) is 0 Å². The first-order valence-corrected chi connectivity index (χ1v) is 16.9. The highest BCUT2D eigenvalue weighted by atomic mass is 16.5. The maximum atomic E-state index is 13.1. The van der Waals surface area contributed by atoms with Crippen molar-refractivity contribution in [1.29, 1.82) is 0 Å². The Morgan fingerprint density at radius 3 is 2.31 bits per heavy atom. The summed E-state index contributed by atoms with van der Waals surface area (Å²) in [6.45, 7) is 17.4. The Labute approximate surface area is 253 Å². The Bertz CT molecular complexity index is 1230. The van der Waals surface area contributed by atoms with Gasteiger partial charge in [-0.15, -0.1) is 0 Å². The van der Waals surface area contributed by atoms with Crippen LogP contribution in [0.2, 0.25) is 0 Å². The number of rotatable bonds is 4. The van der Waals surface area contributed by atoms with E-state index in [1.165, 1.54) is 12.8 Å². The molecule has 5 saturated carbocycles. The fourth-order valence-corrected chi connectivity index (χ4v) is 12.5. The van der Waals surface area contributed by atoms with Gasteiger partial charge in [-0.1, -0.05) is 71.8 Å². The van der Waals surface area contributed by atoms with Crippen molar-refractivity contribution < 1.29 is 19.8 Å². The second-order valence-electron chi connectivity index (χ2n) is 16.8. The molecular formula is C37H55NO4. The number of oxime groups is 1. The van der Waals surface area contributed by atoms with Crippen molar-refractivity contribution in [2.24, 2.45) is 67.7 Å². The minimum atomic E-state index is -0.475. The molecule has 5 fully saturated rings. The van der Waals surface area contributed by atoms with Crippen molar-refractivity contribution in [1.82, 2.24) is 0 Å². The molecule has 0 heterocycles. The zero-order chi connectivity index (χ0) is 30.3. The number of aliphatic hydroxyl groups excluding tert-OH is 1. The number of hydrogen-bond donors (Lipinski definition) is 2. The van der Waals surface area contributed by atoms with Gasteiger partial charge in [0, 0.05) is 17.3 Å². The molecule has 2 N–H and O–H groups in total. The Morgan fingerprint density at radius 1 is 0.929 bits per heavy atom. The van der Waals surface area contributed by atoms with Crippen LogP contribution in [0.15, 0.2) is 35.5 Å². The summed E-state index contributed by atoms with van der Waals surface area (Å²) in [4.78, 5) is 13.1. The molecule has 0 saturated heterocycles. The first-order chi connectivity index (χ1) is 19.8. The molecule has 10 atom stereocenters. The minimum absolute atomic E-state index is 0.0580. The predicted molar refractivity (Wildman–Crippen MR) is 166 cm³/mol. The van der Waals surface area contributed by atoms with E-state index in [4.69, 9.17) is 4.74 Å². The van der Waals surface area contributed by atoms with Crippen LogP contribution >= 0.6 is 0 Å². The van der Waals surface area contributed by atoms with Gasteiger partial charge in [-0.25, -0.2) is 4.79 Å². The van der Waals surface area contributed by atoms with E-state index in [1.54, 1.807) is 0 Å². The number of carbonyl (C=O) groups excluding carboxylic acids is 1. The smallest absolute Gasteiger partial charge is 0.338 e. The third-order valence-electron chi connectivity index (χ3n) is 15.0. The van der Waals surface area contributed by atoms with Gasteiger partial charge in [-0.05, 0) is 115 Å². The van der Waals surface area contributed by atoms with E-state index in [-0.39, 0.29) is 33.0 Å². The van der Waals surface area contributed by atoms with Crippen LogP contribution in [0.3, 0.4) is 0 Å². The molecule has 1 aromatic rings. The van der Waals surface area contributed by atoms with Gasteiger partial charge in [0.2, 0.25) is 0 Å². The molecule has 0 spiro atoms. The summed E-state index contributed by atoms with van der Waals surface area (Å²) >= 11 is 0. The number of carbonyl (C=O) groups is 1. The zero-order valence-corrected chi connectivity index (χ0v) is 27.2. The number of ether oxygens (including phenoxy) is 1. The Morgan fingerprint density at radius 2 is 1.64 bits per heavy atom. The van der Waals surface area contributed by atoms with Gasteiger partial charge in [0.15, 0.2) is 0 Å². The average Bonchev–Trinajstić information content (AvgIpc) is 3.35. The van der Waals surface area contributed by atoms with Crippen LogP contribution in [-0.4, -0.2) is 34.7 Å². The normalized spacial score (nSPS) is 46.8. The summed E-state index contributed by atoms with van der Waals surface area (Å²) in [6.07, 6.45) is 9.19. The van der Waals surface area contributed by atoms with Gasteiger partial charge < -0.3 is 15.1 Å². The second-order valence-corrected chi connectivity index (χ2v) is 16.8. The van der Waals surface area contributed by atoms with Gasteiger partial charge in [0.1, 0.15) is 0 Å². The highest BCUT2D eigenvalue weighted by Gasteiger charge is 2.72. The lowest BCUT2D eigenvalue weighted by Gasteiger charge is -2.72. The van der Waals surface area contributed by atoms with Crippen molar-refractivity contribution in [2.75, 3.05) is 6.61 Å². The lowest BCUT2D eigenvalue weighted by molar-refractivity contribution is -0.228. The lowest BCUT2D eigenvalue weighted by Crippen LogP contribution is -2.69. The standard InChI is InChI=1S/C37H55NO4/c1-23(2)25-15-18-37(22-42-32(40)24-11-9-8-10-12-24)20-19-34(5)26(31(25)37)13-14-28-35(34,6)17-16-27-33(3,4)30(39)21-29(38-41)36(27,28)7/h8-12,23,25-28,30-31,39,41H,13-22H2,1-7H3/b38-29+/t25-,26+,27-,28-,30+,31+,34+,35+,36-,37+/m0/s1.